The van der Waals surface area contributed by atoms with E-state index in [9.17, 15) is 4.79 Å². The van der Waals surface area contributed by atoms with Crippen LogP contribution in [0.15, 0.2) is 0 Å². The maximum atomic E-state index is 11.7. The van der Waals surface area contributed by atoms with Gasteiger partial charge in [0.25, 0.3) is 0 Å². The summed E-state index contributed by atoms with van der Waals surface area (Å²) >= 11 is 0. The van der Waals surface area contributed by atoms with Gasteiger partial charge in [0, 0.05) is 24.1 Å². The van der Waals surface area contributed by atoms with Gasteiger partial charge in [-0.05, 0) is 60.4 Å². The highest BCUT2D eigenvalue weighted by molar-refractivity contribution is 5.67. The van der Waals surface area contributed by atoms with E-state index in [0.717, 1.165) is 32.4 Å². The Hall–Kier alpha value is -0.810. The Morgan fingerprint density at radius 1 is 1.35 bits per heavy atom. The highest BCUT2D eigenvalue weighted by atomic mass is 16.6. The number of carbonyl (C=O) groups excluding carboxylic acids is 1. The summed E-state index contributed by atoms with van der Waals surface area (Å²) in [6, 6.07) is 0.589. The molecule has 5 heteroatoms. The van der Waals surface area contributed by atoms with Crippen LogP contribution in [-0.4, -0.2) is 43.0 Å². The van der Waals surface area contributed by atoms with E-state index in [-0.39, 0.29) is 17.6 Å². The maximum absolute atomic E-state index is 11.7. The van der Waals surface area contributed by atoms with Crippen LogP contribution in [0.2, 0.25) is 0 Å². The lowest BCUT2D eigenvalue weighted by molar-refractivity contribution is -0.125. The summed E-state index contributed by atoms with van der Waals surface area (Å²) in [6.45, 7) is 15.9. The summed E-state index contributed by atoms with van der Waals surface area (Å²) in [4.78, 5) is 11.7. The van der Waals surface area contributed by atoms with E-state index in [0.29, 0.717) is 12.1 Å². The summed E-state index contributed by atoms with van der Waals surface area (Å²) in [5, 5.41) is 6.51. The number of ether oxygens (including phenoxy) is 2. The van der Waals surface area contributed by atoms with Crippen LogP contribution in [0.1, 0.15) is 67.7 Å². The van der Waals surface area contributed by atoms with Gasteiger partial charge in [-0.1, -0.05) is 13.8 Å². The lowest BCUT2D eigenvalue weighted by Gasteiger charge is -2.54. The fraction of sp³-hybridized carbons (Fsp3) is 0.944. The normalized spacial score (nSPS) is 28.8. The summed E-state index contributed by atoms with van der Waals surface area (Å²) in [7, 11) is 0. The average molecular weight is 328 g/mol. The van der Waals surface area contributed by atoms with Crippen LogP contribution in [0.4, 0.5) is 4.79 Å². The van der Waals surface area contributed by atoms with Gasteiger partial charge in [0.05, 0.1) is 6.10 Å². The first-order valence-corrected chi connectivity index (χ1v) is 8.96. The Kier molecular flexibility index (Phi) is 7.33. The van der Waals surface area contributed by atoms with Crippen LogP contribution in [0.3, 0.4) is 0 Å². The zero-order valence-electron chi connectivity index (χ0n) is 16.0. The van der Waals surface area contributed by atoms with Crippen molar-refractivity contribution in [2.45, 2.75) is 91.5 Å². The SMILES string of the molecule is CCOC1CC(NCCC(C)NC(=O)OC(C)(C)C)C1(C)CC. The van der Waals surface area contributed by atoms with E-state index in [1.54, 1.807) is 0 Å². The summed E-state index contributed by atoms with van der Waals surface area (Å²) < 4.78 is 11.1. The van der Waals surface area contributed by atoms with Gasteiger partial charge in [-0.2, -0.15) is 0 Å². The molecule has 0 bridgehead atoms. The molecule has 4 unspecified atom stereocenters. The molecule has 1 aliphatic carbocycles. The third-order valence-electron chi connectivity index (χ3n) is 4.84. The molecule has 0 saturated heterocycles. The van der Waals surface area contributed by atoms with Crippen molar-refractivity contribution in [3.05, 3.63) is 0 Å². The van der Waals surface area contributed by atoms with Gasteiger partial charge < -0.3 is 20.1 Å². The van der Waals surface area contributed by atoms with E-state index >= 15 is 0 Å². The number of hydrogen-bond donors (Lipinski definition) is 2. The van der Waals surface area contributed by atoms with E-state index in [1.807, 2.05) is 27.7 Å². The first-order chi connectivity index (χ1) is 10.6. The molecule has 1 fully saturated rings. The molecule has 0 aromatic carbocycles. The Morgan fingerprint density at radius 2 is 2.00 bits per heavy atom. The van der Waals surface area contributed by atoms with Crippen LogP contribution < -0.4 is 10.6 Å². The van der Waals surface area contributed by atoms with Gasteiger partial charge in [0.2, 0.25) is 0 Å². The molecule has 1 amide bonds. The highest BCUT2D eigenvalue weighted by Gasteiger charge is 2.50. The van der Waals surface area contributed by atoms with Crippen LogP contribution in [0, 0.1) is 5.41 Å². The van der Waals surface area contributed by atoms with Crippen molar-refractivity contribution in [2.75, 3.05) is 13.2 Å². The zero-order valence-corrected chi connectivity index (χ0v) is 16.0. The number of hydrogen-bond acceptors (Lipinski definition) is 4. The average Bonchev–Trinajstić information content (AvgIpc) is 2.42. The zero-order chi connectivity index (χ0) is 17.7. The minimum Gasteiger partial charge on any atom is -0.444 e. The number of rotatable bonds is 8. The molecule has 2 N–H and O–H groups in total. The minimum absolute atomic E-state index is 0.0907. The van der Waals surface area contributed by atoms with Gasteiger partial charge in [0.1, 0.15) is 5.60 Å². The molecule has 1 rings (SSSR count). The van der Waals surface area contributed by atoms with Gasteiger partial charge >= 0.3 is 6.09 Å². The van der Waals surface area contributed by atoms with Gasteiger partial charge in [-0.25, -0.2) is 4.79 Å². The lowest BCUT2D eigenvalue weighted by Crippen LogP contribution is -2.62. The lowest BCUT2D eigenvalue weighted by atomic mass is 9.61. The molecule has 0 radical (unpaired) electrons. The fourth-order valence-electron chi connectivity index (χ4n) is 3.12. The standard InChI is InChI=1S/C18H36N2O3/c1-8-18(7)14(12-15(18)22-9-2)19-11-10-13(3)20-16(21)23-17(4,5)6/h13-15,19H,8-12H2,1-7H3,(H,20,21). The molecule has 5 nitrogen and oxygen atoms in total. The Morgan fingerprint density at radius 3 is 2.52 bits per heavy atom. The van der Waals surface area contributed by atoms with Crippen LogP contribution in [-0.2, 0) is 9.47 Å². The molecule has 23 heavy (non-hydrogen) atoms. The number of alkyl carbamates (subject to hydrolysis) is 1. The third-order valence-corrected chi connectivity index (χ3v) is 4.84. The van der Waals surface area contributed by atoms with Crippen molar-refractivity contribution in [3.8, 4) is 0 Å². The quantitative estimate of drug-likeness (QED) is 0.716. The molecule has 0 heterocycles. The van der Waals surface area contributed by atoms with Crippen LogP contribution in [0.25, 0.3) is 0 Å². The van der Waals surface area contributed by atoms with Gasteiger partial charge in [0.15, 0.2) is 0 Å². The van der Waals surface area contributed by atoms with E-state index < -0.39 is 5.60 Å². The minimum atomic E-state index is -0.453. The van der Waals surface area contributed by atoms with Crippen molar-refractivity contribution in [2.24, 2.45) is 5.41 Å². The molecule has 4 atom stereocenters. The molecule has 1 saturated carbocycles. The second-order valence-corrected chi connectivity index (χ2v) is 7.88. The third kappa shape index (κ3) is 5.96. The Labute approximate surface area is 141 Å². The molecule has 0 spiro atoms. The van der Waals surface area contributed by atoms with Crippen molar-refractivity contribution in [1.29, 1.82) is 0 Å². The summed E-state index contributed by atoms with van der Waals surface area (Å²) in [5.41, 5.74) is -0.233. The summed E-state index contributed by atoms with van der Waals surface area (Å²) in [6.07, 6.45) is 3.10. The molecular formula is C18H36N2O3. The highest BCUT2D eigenvalue weighted by Crippen LogP contribution is 2.45. The molecule has 0 aromatic heterocycles. The van der Waals surface area contributed by atoms with Crippen molar-refractivity contribution in [1.82, 2.24) is 10.6 Å². The monoisotopic (exact) mass is 328 g/mol. The van der Waals surface area contributed by atoms with E-state index in [1.165, 1.54) is 0 Å². The van der Waals surface area contributed by atoms with Gasteiger partial charge in [-0.3, -0.25) is 0 Å². The number of nitrogens with one attached hydrogen (secondary N) is 2. The fourth-order valence-corrected chi connectivity index (χ4v) is 3.12. The summed E-state index contributed by atoms with van der Waals surface area (Å²) in [5.74, 6) is 0. The Balaban J connectivity index is 2.28. The molecule has 0 aliphatic heterocycles. The predicted molar refractivity (Wildman–Crippen MR) is 93.7 cm³/mol. The van der Waals surface area contributed by atoms with Crippen molar-refractivity contribution >= 4 is 6.09 Å². The van der Waals surface area contributed by atoms with Crippen molar-refractivity contribution < 1.29 is 14.3 Å². The van der Waals surface area contributed by atoms with Crippen molar-refractivity contribution in [3.63, 3.8) is 0 Å². The number of amides is 1. The van der Waals surface area contributed by atoms with Crippen LogP contribution in [0.5, 0.6) is 0 Å². The molecule has 0 aromatic rings. The molecule has 136 valence electrons. The largest absolute Gasteiger partial charge is 0.444 e. The second kappa shape index (κ2) is 8.34. The first-order valence-electron chi connectivity index (χ1n) is 8.96. The Bertz CT molecular complexity index is 381. The molecule has 1 aliphatic rings. The predicted octanol–water partition coefficient (Wildman–Crippen LogP) is 3.47. The first kappa shape index (κ1) is 20.2. The molecular weight excluding hydrogens is 292 g/mol. The topological polar surface area (TPSA) is 59.6 Å². The van der Waals surface area contributed by atoms with E-state index in [4.69, 9.17) is 9.47 Å². The second-order valence-electron chi connectivity index (χ2n) is 7.88. The van der Waals surface area contributed by atoms with Crippen LogP contribution >= 0.6 is 0 Å². The van der Waals surface area contributed by atoms with E-state index in [2.05, 4.69) is 31.4 Å². The smallest absolute Gasteiger partial charge is 0.407 e. The van der Waals surface area contributed by atoms with Gasteiger partial charge in [-0.15, -0.1) is 0 Å². The maximum Gasteiger partial charge on any atom is 0.407 e. The number of carbonyl (C=O) groups is 1.